The molecule has 0 saturated carbocycles. The molecule has 0 bridgehead atoms. The lowest BCUT2D eigenvalue weighted by molar-refractivity contribution is -0.144. The Morgan fingerprint density at radius 1 is 1.03 bits per heavy atom. The third-order valence-electron chi connectivity index (χ3n) is 5.79. The van der Waals surface area contributed by atoms with Crippen molar-refractivity contribution in [1.82, 2.24) is 24.8 Å². The highest BCUT2D eigenvalue weighted by atomic mass is 19.4. The van der Waals surface area contributed by atoms with Crippen LogP contribution in [0.2, 0.25) is 0 Å². The van der Waals surface area contributed by atoms with Crippen molar-refractivity contribution in [2.75, 3.05) is 26.3 Å². The zero-order chi connectivity index (χ0) is 24.4. The molecule has 1 aliphatic heterocycles. The Balaban J connectivity index is 1.33. The minimum Gasteiger partial charge on any atom is -0.379 e. The van der Waals surface area contributed by atoms with Gasteiger partial charge in [0.15, 0.2) is 0 Å². The Hall–Kier alpha value is -3.76. The Morgan fingerprint density at radius 3 is 2.54 bits per heavy atom. The van der Waals surface area contributed by atoms with E-state index in [2.05, 4.69) is 32.0 Å². The summed E-state index contributed by atoms with van der Waals surface area (Å²) < 4.78 is 44.3. The highest BCUT2D eigenvalue weighted by Crippen LogP contribution is 2.27. The number of rotatable bonds is 5. The maximum Gasteiger partial charge on any atom is 0.449 e. The summed E-state index contributed by atoms with van der Waals surface area (Å²) in [7, 11) is 0. The van der Waals surface area contributed by atoms with Gasteiger partial charge >= 0.3 is 6.18 Å². The van der Waals surface area contributed by atoms with Crippen LogP contribution in [0.25, 0.3) is 34.4 Å². The van der Waals surface area contributed by atoms with Crippen LogP contribution in [0.4, 0.5) is 13.2 Å². The van der Waals surface area contributed by atoms with Crippen molar-refractivity contribution in [2.45, 2.75) is 12.7 Å². The Kier molecular flexibility index (Phi) is 6.23. The lowest BCUT2D eigenvalue weighted by Gasteiger charge is -2.26. The number of aromatic amines is 2. The molecule has 1 aliphatic rings. The number of nitrogens with one attached hydrogen (secondary N) is 2. The summed E-state index contributed by atoms with van der Waals surface area (Å²) in [6.07, 6.45) is 0.659. The molecule has 1 saturated heterocycles. The lowest BCUT2D eigenvalue weighted by Crippen LogP contribution is -2.35. The molecule has 10 heteroatoms. The summed E-state index contributed by atoms with van der Waals surface area (Å²) >= 11 is 0. The van der Waals surface area contributed by atoms with E-state index < -0.39 is 17.6 Å². The van der Waals surface area contributed by atoms with Crippen LogP contribution in [0.3, 0.4) is 0 Å². The predicted octanol–water partition coefficient (Wildman–Crippen LogP) is 4.33. The molecule has 0 atom stereocenters. The number of aromatic nitrogens is 4. The molecule has 0 spiro atoms. The van der Waals surface area contributed by atoms with Crippen LogP contribution in [0.15, 0.2) is 53.5 Å². The van der Waals surface area contributed by atoms with E-state index in [-0.39, 0.29) is 11.0 Å². The van der Waals surface area contributed by atoms with Gasteiger partial charge in [0.05, 0.1) is 24.3 Å². The first-order valence-corrected chi connectivity index (χ1v) is 11.1. The van der Waals surface area contributed by atoms with E-state index in [0.29, 0.717) is 17.0 Å². The van der Waals surface area contributed by atoms with Gasteiger partial charge in [0.2, 0.25) is 5.82 Å². The monoisotopic (exact) mass is 481 g/mol. The fourth-order valence-electron chi connectivity index (χ4n) is 3.95. The molecule has 0 radical (unpaired) electrons. The predicted molar refractivity (Wildman–Crippen MR) is 126 cm³/mol. The van der Waals surface area contributed by atoms with Gasteiger partial charge in [-0.25, -0.2) is 4.98 Å². The molecule has 0 unspecified atom stereocenters. The van der Waals surface area contributed by atoms with Crippen LogP contribution in [0.1, 0.15) is 22.6 Å². The largest absolute Gasteiger partial charge is 0.449 e. The minimum absolute atomic E-state index is 0.0547. The Labute approximate surface area is 198 Å². The Bertz CT molecular complexity index is 1420. The molecular formula is C25H22F3N5O2. The van der Waals surface area contributed by atoms with Crippen molar-refractivity contribution in [3.63, 3.8) is 0 Å². The second-order valence-electron chi connectivity index (χ2n) is 8.29. The molecule has 4 heterocycles. The average Bonchev–Trinajstić information content (AvgIpc) is 3.29. The summed E-state index contributed by atoms with van der Waals surface area (Å²) in [6.45, 7) is 4.31. The van der Waals surface area contributed by atoms with Crippen molar-refractivity contribution in [1.29, 1.82) is 0 Å². The highest BCUT2D eigenvalue weighted by molar-refractivity contribution is 5.83. The van der Waals surface area contributed by atoms with Crippen LogP contribution >= 0.6 is 0 Å². The van der Waals surface area contributed by atoms with Gasteiger partial charge in [0.1, 0.15) is 5.65 Å². The molecule has 7 nitrogen and oxygen atoms in total. The van der Waals surface area contributed by atoms with Crippen LogP contribution < -0.4 is 5.56 Å². The quantitative estimate of drug-likeness (QED) is 0.443. The van der Waals surface area contributed by atoms with E-state index >= 15 is 0 Å². The number of alkyl halides is 3. The molecule has 180 valence electrons. The van der Waals surface area contributed by atoms with E-state index in [1.165, 1.54) is 11.6 Å². The van der Waals surface area contributed by atoms with Crippen molar-refractivity contribution < 1.29 is 17.9 Å². The number of benzene rings is 1. The van der Waals surface area contributed by atoms with Gasteiger partial charge in [-0.15, -0.1) is 0 Å². The van der Waals surface area contributed by atoms with Gasteiger partial charge in [0, 0.05) is 37.1 Å². The fourth-order valence-corrected chi connectivity index (χ4v) is 3.95. The van der Waals surface area contributed by atoms with Crippen molar-refractivity contribution in [3.05, 3.63) is 81.7 Å². The third-order valence-corrected chi connectivity index (χ3v) is 5.79. The summed E-state index contributed by atoms with van der Waals surface area (Å²) in [5.74, 6) is -1.34. The van der Waals surface area contributed by atoms with E-state index in [1.54, 1.807) is 23.3 Å². The minimum atomic E-state index is -4.74. The van der Waals surface area contributed by atoms with Crippen LogP contribution in [0.5, 0.6) is 0 Å². The van der Waals surface area contributed by atoms with Gasteiger partial charge in [-0.2, -0.15) is 13.2 Å². The highest BCUT2D eigenvalue weighted by Gasteiger charge is 2.34. The maximum atomic E-state index is 13.0. The van der Waals surface area contributed by atoms with Crippen LogP contribution in [-0.2, 0) is 17.5 Å². The number of H-pyrrole nitrogens is 2. The standard InChI is InChI=1S/C25H22F3N5O2/c26-25(27,28)24-31-22-20(23(34)32-24)14-21(30-22)18-7-8-29-19(13-18)6-5-16-1-3-17(4-2-16)15-33-9-11-35-12-10-33/h1-8,13-14H,9-12,15H2,(H2,30,31,32,34)/b6-5+. The molecule has 4 aromatic rings. The number of pyridine rings is 1. The number of hydrogen-bond donors (Lipinski definition) is 2. The van der Waals surface area contributed by atoms with Gasteiger partial charge in [0.25, 0.3) is 5.56 Å². The molecule has 0 amide bonds. The molecule has 0 aliphatic carbocycles. The number of fused-ring (bicyclic) bond motifs is 1. The summed E-state index contributed by atoms with van der Waals surface area (Å²) in [6, 6.07) is 13.3. The van der Waals surface area contributed by atoms with E-state index in [1.807, 2.05) is 24.3 Å². The topological polar surface area (TPSA) is 86.9 Å². The SMILES string of the molecule is O=c1[nH]c(C(F)(F)F)nc2[nH]c(-c3ccnc(/C=C/c4ccc(CN5CCOCC5)cc4)c3)cc12. The second-order valence-corrected chi connectivity index (χ2v) is 8.29. The first-order valence-electron chi connectivity index (χ1n) is 11.1. The van der Waals surface area contributed by atoms with Crippen molar-refractivity contribution in [2.24, 2.45) is 0 Å². The second kappa shape index (κ2) is 9.47. The average molecular weight is 481 g/mol. The van der Waals surface area contributed by atoms with Gasteiger partial charge in [-0.05, 0) is 35.4 Å². The molecule has 1 aromatic carbocycles. The molecule has 5 rings (SSSR count). The van der Waals surface area contributed by atoms with Crippen molar-refractivity contribution in [3.8, 4) is 11.3 Å². The van der Waals surface area contributed by atoms with Gasteiger partial charge in [-0.3, -0.25) is 14.7 Å². The molecule has 2 N–H and O–H groups in total. The first-order chi connectivity index (χ1) is 16.8. The van der Waals surface area contributed by atoms with Gasteiger partial charge in [-0.1, -0.05) is 30.3 Å². The zero-order valence-electron chi connectivity index (χ0n) is 18.6. The summed E-state index contributed by atoms with van der Waals surface area (Å²) in [5, 5.41) is 0.0547. The number of nitrogens with zero attached hydrogens (tertiary/aromatic N) is 3. The first kappa shape index (κ1) is 23.0. The summed E-state index contributed by atoms with van der Waals surface area (Å²) in [5.41, 5.74) is 3.09. The Morgan fingerprint density at radius 2 is 1.80 bits per heavy atom. The number of morpholine rings is 1. The van der Waals surface area contributed by atoms with Gasteiger partial charge < -0.3 is 14.7 Å². The number of hydrogen-bond acceptors (Lipinski definition) is 5. The molecular weight excluding hydrogens is 459 g/mol. The fraction of sp³-hybridized carbons (Fsp3) is 0.240. The molecule has 3 aromatic heterocycles. The van der Waals surface area contributed by atoms with E-state index in [4.69, 9.17) is 4.74 Å². The number of halogens is 3. The lowest BCUT2D eigenvalue weighted by atomic mass is 10.1. The van der Waals surface area contributed by atoms with E-state index in [0.717, 1.165) is 38.4 Å². The third kappa shape index (κ3) is 5.33. The molecule has 35 heavy (non-hydrogen) atoms. The van der Waals surface area contributed by atoms with Crippen molar-refractivity contribution >= 4 is 23.2 Å². The molecule has 1 fully saturated rings. The van der Waals surface area contributed by atoms with Crippen LogP contribution in [-0.4, -0.2) is 51.1 Å². The van der Waals surface area contributed by atoms with E-state index in [9.17, 15) is 18.0 Å². The smallest absolute Gasteiger partial charge is 0.379 e. The normalized spacial score (nSPS) is 15.3. The van der Waals surface area contributed by atoms with Crippen LogP contribution in [0, 0.1) is 0 Å². The summed E-state index contributed by atoms with van der Waals surface area (Å²) in [4.78, 5) is 26.9. The number of ether oxygens (including phenoxy) is 1. The zero-order valence-corrected chi connectivity index (χ0v) is 18.6. The maximum absolute atomic E-state index is 13.0.